The molecule has 0 radical (unpaired) electrons. The average Bonchev–Trinajstić information content (AvgIpc) is 2.83. The minimum atomic E-state index is -1.02. The molecule has 2 aromatic rings. The van der Waals surface area contributed by atoms with Crippen molar-refractivity contribution in [3.05, 3.63) is 22.1 Å². The molecule has 0 aliphatic carbocycles. The quantitative estimate of drug-likeness (QED) is 0.763. The number of hydrogen-bond acceptors (Lipinski definition) is 5. The van der Waals surface area contributed by atoms with Crippen molar-refractivity contribution in [3.63, 3.8) is 0 Å². The highest BCUT2D eigenvalue weighted by Crippen LogP contribution is 2.36. The Morgan fingerprint density at radius 3 is 2.74 bits per heavy atom. The van der Waals surface area contributed by atoms with Crippen molar-refractivity contribution >= 4 is 38.6 Å². The van der Waals surface area contributed by atoms with Crippen molar-refractivity contribution in [2.75, 3.05) is 0 Å². The largest absolute Gasteiger partial charge is 0.388 e. The van der Waals surface area contributed by atoms with E-state index in [0.717, 1.165) is 0 Å². The Morgan fingerprint density at radius 1 is 1.37 bits per heavy atom. The molecule has 0 bridgehead atoms. The number of nitrogens with zero attached hydrogens (tertiary/aromatic N) is 3. The number of halogens is 2. The zero-order valence-corrected chi connectivity index (χ0v) is 12.2. The predicted molar refractivity (Wildman–Crippen MR) is 71.8 cm³/mol. The van der Waals surface area contributed by atoms with Gasteiger partial charge >= 0.3 is 0 Å². The monoisotopic (exact) mass is 347 g/mol. The third-order valence-corrected chi connectivity index (χ3v) is 4.16. The van der Waals surface area contributed by atoms with Gasteiger partial charge in [-0.25, -0.2) is 9.97 Å². The highest BCUT2D eigenvalue weighted by molar-refractivity contribution is 9.10. The van der Waals surface area contributed by atoms with E-state index in [-0.39, 0.29) is 0 Å². The molecule has 1 aliphatic heterocycles. The lowest BCUT2D eigenvalue weighted by atomic mass is 10.1. The first-order chi connectivity index (χ1) is 9.00. The van der Waals surface area contributed by atoms with Gasteiger partial charge in [-0.05, 0) is 22.9 Å². The van der Waals surface area contributed by atoms with Crippen LogP contribution in [0.4, 0.5) is 0 Å². The predicted octanol–water partition coefficient (Wildman–Crippen LogP) is 1.49. The molecule has 3 heterocycles. The Morgan fingerprint density at radius 2 is 2.11 bits per heavy atom. The minimum Gasteiger partial charge on any atom is -0.388 e. The fourth-order valence-corrected chi connectivity index (χ4v) is 3.19. The molecular formula is C11H11BrClN3O3. The van der Waals surface area contributed by atoms with E-state index in [4.69, 9.17) is 16.3 Å². The summed E-state index contributed by atoms with van der Waals surface area (Å²) in [6, 6.07) is 0. The number of hydrogen-bond donors (Lipinski definition) is 2. The lowest BCUT2D eigenvalue weighted by molar-refractivity contribution is -0.0297. The van der Waals surface area contributed by atoms with Gasteiger partial charge in [-0.15, -0.1) is 0 Å². The smallest absolute Gasteiger partial charge is 0.164 e. The van der Waals surface area contributed by atoms with Gasteiger partial charge in [0.15, 0.2) is 6.23 Å². The minimum absolute atomic E-state index is 0.316. The van der Waals surface area contributed by atoms with Gasteiger partial charge in [-0.1, -0.05) is 11.6 Å². The maximum absolute atomic E-state index is 10.0. The van der Waals surface area contributed by atoms with Crippen LogP contribution in [-0.2, 0) is 4.74 Å². The van der Waals surface area contributed by atoms with Gasteiger partial charge in [0.25, 0.3) is 0 Å². The number of aliphatic hydroxyl groups excluding tert-OH is 2. The Labute approximate surface area is 122 Å². The van der Waals surface area contributed by atoms with Crippen LogP contribution in [0, 0.1) is 0 Å². The Kier molecular flexibility index (Phi) is 3.26. The summed E-state index contributed by atoms with van der Waals surface area (Å²) in [6.07, 6.45) is -0.0540. The van der Waals surface area contributed by atoms with E-state index in [2.05, 4.69) is 25.9 Å². The van der Waals surface area contributed by atoms with Crippen molar-refractivity contribution in [3.8, 4) is 0 Å². The summed E-state index contributed by atoms with van der Waals surface area (Å²) in [5.41, 5.74) is 0.539. The molecule has 2 N–H and O–H groups in total. The van der Waals surface area contributed by atoms with Crippen LogP contribution >= 0.6 is 27.5 Å². The molecule has 2 aromatic heterocycles. The Bertz CT molecular complexity index is 635. The molecule has 0 saturated carbocycles. The van der Waals surface area contributed by atoms with E-state index in [0.29, 0.717) is 20.7 Å². The molecular weight excluding hydrogens is 337 g/mol. The maximum atomic E-state index is 10.0. The Hall–Kier alpha value is -0.730. The molecule has 6 nitrogen and oxygen atoms in total. The number of ether oxygens (including phenoxy) is 1. The molecule has 1 saturated heterocycles. The molecule has 102 valence electrons. The maximum Gasteiger partial charge on any atom is 0.164 e. The first-order valence-electron chi connectivity index (χ1n) is 5.69. The molecule has 1 fully saturated rings. The molecule has 0 unspecified atom stereocenters. The molecule has 0 spiro atoms. The molecule has 4 atom stereocenters. The lowest BCUT2D eigenvalue weighted by Gasteiger charge is -2.17. The van der Waals surface area contributed by atoms with Gasteiger partial charge in [-0.2, -0.15) is 0 Å². The second kappa shape index (κ2) is 4.68. The standard InChI is InChI=1S/C11H11BrClN3O3/c1-4-7(17)8(18)11(19-4)16-2-5(12)6-9(13)14-3-15-10(6)16/h2-4,7-8,11,17-18H,1H3/t4-,7-,8-,11-/m1/s1. The normalized spacial score (nSPS) is 31.2. The van der Waals surface area contributed by atoms with Crippen LogP contribution < -0.4 is 0 Å². The first-order valence-corrected chi connectivity index (χ1v) is 6.86. The second-order valence-corrected chi connectivity index (χ2v) is 5.67. The number of rotatable bonds is 1. The number of fused-ring (bicyclic) bond motifs is 1. The lowest BCUT2D eigenvalue weighted by Crippen LogP contribution is -2.30. The molecule has 19 heavy (non-hydrogen) atoms. The average molecular weight is 349 g/mol. The summed E-state index contributed by atoms with van der Waals surface area (Å²) >= 11 is 9.41. The summed E-state index contributed by atoms with van der Waals surface area (Å²) in [5.74, 6) is 0. The van der Waals surface area contributed by atoms with Crippen LogP contribution in [0.1, 0.15) is 13.2 Å². The van der Waals surface area contributed by atoms with Crippen molar-refractivity contribution in [1.82, 2.24) is 14.5 Å². The molecule has 0 aromatic carbocycles. The first kappa shape index (κ1) is 13.3. The van der Waals surface area contributed by atoms with E-state index < -0.39 is 24.5 Å². The Balaban J connectivity index is 2.14. The van der Waals surface area contributed by atoms with E-state index in [1.54, 1.807) is 17.7 Å². The van der Waals surface area contributed by atoms with Crippen LogP contribution in [0.25, 0.3) is 11.0 Å². The zero-order chi connectivity index (χ0) is 13.7. The SMILES string of the molecule is C[C@H]1O[C@@H](n2cc(Br)c3c(Cl)ncnc32)[C@H](O)[C@@H]1O. The van der Waals surface area contributed by atoms with Crippen LogP contribution in [0.5, 0.6) is 0 Å². The third-order valence-electron chi connectivity index (χ3n) is 3.27. The summed E-state index contributed by atoms with van der Waals surface area (Å²) in [5, 5.41) is 20.8. The number of aliphatic hydroxyl groups is 2. The molecule has 1 aliphatic rings. The van der Waals surface area contributed by atoms with Crippen LogP contribution in [-0.4, -0.2) is 43.1 Å². The van der Waals surface area contributed by atoms with Crippen molar-refractivity contribution in [1.29, 1.82) is 0 Å². The van der Waals surface area contributed by atoms with Gasteiger partial charge in [0, 0.05) is 10.7 Å². The summed E-state index contributed by atoms with van der Waals surface area (Å²) < 4.78 is 7.92. The molecule has 0 amide bonds. The summed E-state index contributed by atoms with van der Waals surface area (Å²) in [7, 11) is 0. The topological polar surface area (TPSA) is 80.4 Å². The third kappa shape index (κ3) is 1.96. The molecule has 3 rings (SSSR count). The summed E-state index contributed by atoms with van der Waals surface area (Å²) in [4.78, 5) is 8.07. The fraction of sp³-hybridized carbons (Fsp3) is 0.455. The van der Waals surface area contributed by atoms with E-state index >= 15 is 0 Å². The number of aromatic nitrogens is 3. The van der Waals surface area contributed by atoms with Crippen molar-refractivity contribution in [2.45, 2.75) is 31.5 Å². The van der Waals surface area contributed by atoms with E-state index in [9.17, 15) is 10.2 Å². The van der Waals surface area contributed by atoms with Crippen molar-refractivity contribution < 1.29 is 14.9 Å². The van der Waals surface area contributed by atoms with E-state index in [1.807, 2.05) is 0 Å². The summed E-state index contributed by atoms with van der Waals surface area (Å²) in [6.45, 7) is 1.70. The van der Waals surface area contributed by atoms with E-state index in [1.165, 1.54) is 6.33 Å². The molecule has 8 heteroatoms. The van der Waals surface area contributed by atoms with Crippen molar-refractivity contribution in [2.24, 2.45) is 0 Å². The van der Waals surface area contributed by atoms with Gasteiger partial charge in [0.2, 0.25) is 0 Å². The fourth-order valence-electron chi connectivity index (χ4n) is 2.26. The highest BCUT2D eigenvalue weighted by Gasteiger charge is 2.42. The van der Waals surface area contributed by atoms with Gasteiger partial charge in [0.05, 0.1) is 11.5 Å². The van der Waals surface area contributed by atoms with Crippen LogP contribution in [0.3, 0.4) is 0 Å². The zero-order valence-electron chi connectivity index (χ0n) is 9.86. The van der Waals surface area contributed by atoms with Gasteiger partial charge in [-0.3, -0.25) is 0 Å². The van der Waals surface area contributed by atoms with Gasteiger partial charge < -0.3 is 19.5 Å². The van der Waals surface area contributed by atoms with Gasteiger partial charge in [0.1, 0.15) is 29.3 Å². The second-order valence-electron chi connectivity index (χ2n) is 4.46. The van der Waals surface area contributed by atoms with Crippen LogP contribution in [0.2, 0.25) is 5.15 Å². The van der Waals surface area contributed by atoms with Crippen LogP contribution in [0.15, 0.2) is 17.0 Å². The highest BCUT2D eigenvalue weighted by atomic mass is 79.9.